The highest BCUT2D eigenvalue weighted by atomic mass is 16.1. The Balaban J connectivity index is 3.01. The molecule has 0 saturated carbocycles. The van der Waals surface area contributed by atoms with Crippen molar-refractivity contribution < 1.29 is 4.79 Å². The molecule has 1 aliphatic rings. The summed E-state index contributed by atoms with van der Waals surface area (Å²) in [6.45, 7) is 8.37. The molecule has 14 heavy (non-hydrogen) atoms. The average Bonchev–Trinajstić information content (AvgIpc) is 2.13. The van der Waals surface area contributed by atoms with E-state index in [2.05, 4.69) is 20.8 Å². The third-order valence-electron chi connectivity index (χ3n) is 3.27. The van der Waals surface area contributed by atoms with Crippen molar-refractivity contribution in [2.45, 2.75) is 40.5 Å². The van der Waals surface area contributed by atoms with E-state index in [9.17, 15) is 4.79 Å². The highest BCUT2D eigenvalue weighted by molar-refractivity contribution is 6.04. The molecule has 78 valence electrons. The van der Waals surface area contributed by atoms with Gasteiger partial charge in [-0.25, -0.2) is 0 Å². The van der Waals surface area contributed by atoms with E-state index in [0.29, 0.717) is 11.8 Å². The predicted molar refractivity (Wildman–Crippen MR) is 60.1 cm³/mol. The van der Waals surface area contributed by atoms with Crippen LogP contribution in [0.3, 0.4) is 0 Å². The van der Waals surface area contributed by atoms with Gasteiger partial charge in [0.15, 0.2) is 5.78 Å². The molecular formula is C13H20O. The predicted octanol–water partition coefficient (Wildman–Crippen LogP) is 3.51. The van der Waals surface area contributed by atoms with Gasteiger partial charge in [-0.05, 0) is 44.6 Å². The van der Waals surface area contributed by atoms with Gasteiger partial charge >= 0.3 is 0 Å². The van der Waals surface area contributed by atoms with Gasteiger partial charge in [-0.15, -0.1) is 0 Å². The Kier molecular flexibility index (Phi) is 3.68. The lowest BCUT2D eigenvalue weighted by molar-refractivity contribution is -0.112. The van der Waals surface area contributed by atoms with Crippen LogP contribution in [0.15, 0.2) is 23.3 Å². The molecule has 0 saturated heterocycles. The zero-order valence-corrected chi connectivity index (χ0v) is 9.63. The van der Waals surface area contributed by atoms with Crippen LogP contribution in [0.1, 0.15) is 40.5 Å². The van der Waals surface area contributed by atoms with Crippen LogP contribution < -0.4 is 0 Å². The van der Waals surface area contributed by atoms with Crippen molar-refractivity contribution in [1.29, 1.82) is 0 Å². The second-order valence-electron chi connectivity index (χ2n) is 4.34. The van der Waals surface area contributed by atoms with Gasteiger partial charge in [-0.3, -0.25) is 4.79 Å². The van der Waals surface area contributed by atoms with Crippen LogP contribution in [0.4, 0.5) is 0 Å². The van der Waals surface area contributed by atoms with Crippen molar-refractivity contribution in [2.24, 2.45) is 11.8 Å². The van der Waals surface area contributed by atoms with Gasteiger partial charge in [0.1, 0.15) is 0 Å². The summed E-state index contributed by atoms with van der Waals surface area (Å²) >= 11 is 0. The number of ketones is 1. The zero-order chi connectivity index (χ0) is 10.7. The van der Waals surface area contributed by atoms with Crippen molar-refractivity contribution in [1.82, 2.24) is 0 Å². The Bertz CT molecular complexity index is 284. The largest absolute Gasteiger partial charge is 0.290 e. The van der Waals surface area contributed by atoms with E-state index in [-0.39, 0.29) is 5.78 Å². The molecule has 0 spiro atoms. The van der Waals surface area contributed by atoms with E-state index < -0.39 is 0 Å². The van der Waals surface area contributed by atoms with Crippen LogP contribution in [-0.4, -0.2) is 5.78 Å². The van der Waals surface area contributed by atoms with E-state index in [1.54, 1.807) is 6.08 Å². The van der Waals surface area contributed by atoms with Gasteiger partial charge in [-0.2, -0.15) is 0 Å². The van der Waals surface area contributed by atoms with Crippen LogP contribution in [0.25, 0.3) is 0 Å². The normalized spacial score (nSPS) is 28.6. The maximum absolute atomic E-state index is 11.8. The van der Waals surface area contributed by atoms with E-state index >= 15 is 0 Å². The number of carbonyl (C=O) groups excluding carboxylic acids is 1. The maximum Gasteiger partial charge on any atom is 0.181 e. The van der Waals surface area contributed by atoms with Crippen LogP contribution in [0, 0.1) is 11.8 Å². The number of allylic oxidation sites excluding steroid dienone is 4. The molecule has 0 bridgehead atoms. The standard InChI is InChI=1S/C13H20O/c1-5-6-12(14)13-10(3)8-7-9(2)11(13)4/h5-6,9-10H,7-8H2,1-4H3/b6-5+. The number of carbonyl (C=O) groups is 1. The second kappa shape index (κ2) is 4.59. The highest BCUT2D eigenvalue weighted by Crippen LogP contribution is 2.34. The quantitative estimate of drug-likeness (QED) is 0.612. The van der Waals surface area contributed by atoms with Crippen molar-refractivity contribution in [3.05, 3.63) is 23.3 Å². The van der Waals surface area contributed by atoms with Crippen LogP contribution in [0.2, 0.25) is 0 Å². The summed E-state index contributed by atoms with van der Waals surface area (Å²) in [5.41, 5.74) is 2.36. The molecule has 0 radical (unpaired) electrons. The van der Waals surface area contributed by atoms with E-state index in [4.69, 9.17) is 0 Å². The van der Waals surface area contributed by atoms with Gasteiger partial charge in [0, 0.05) is 5.57 Å². The van der Waals surface area contributed by atoms with E-state index in [1.165, 1.54) is 12.0 Å². The van der Waals surface area contributed by atoms with Crippen molar-refractivity contribution in [3.63, 3.8) is 0 Å². The van der Waals surface area contributed by atoms with Crippen molar-refractivity contribution in [3.8, 4) is 0 Å². The van der Waals surface area contributed by atoms with Gasteiger partial charge in [-0.1, -0.05) is 25.5 Å². The number of rotatable bonds is 2. The molecule has 0 aromatic carbocycles. The van der Waals surface area contributed by atoms with Crippen LogP contribution in [0.5, 0.6) is 0 Å². The summed E-state index contributed by atoms with van der Waals surface area (Å²) in [5, 5.41) is 0. The Morgan fingerprint density at radius 1 is 1.29 bits per heavy atom. The van der Waals surface area contributed by atoms with Crippen LogP contribution in [-0.2, 0) is 4.79 Å². The molecular weight excluding hydrogens is 172 g/mol. The molecule has 0 N–H and O–H groups in total. The van der Waals surface area contributed by atoms with E-state index in [0.717, 1.165) is 12.0 Å². The molecule has 2 atom stereocenters. The first kappa shape index (κ1) is 11.2. The van der Waals surface area contributed by atoms with Gasteiger partial charge in [0.2, 0.25) is 0 Å². The minimum Gasteiger partial charge on any atom is -0.290 e. The van der Waals surface area contributed by atoms with Gasteiger partial charge in [0.05, 0.1) is 0 Å². The monoisotopic (exact) mass is 192 g/mol. The topological polar surface area (TPSA) is 17.1 Å². The number of hydrogen-bond acceptors (Lipinski definition) is 1. The minimum absolute atomic E-state index is 0.212. The summed E-state index contributed by atoms with van der Waals surface area (Å²) in [4.78, 5) is 11.8. The molecule has 0 fully saturated rings. The molecule has 0 aliphatic heterocycles. The summed E-state index contributed by atoms with van der Waals surface area (Å²) in [5.74, 6) is 1.23. The molecule has 1 heteroatoms. The lowest BCUT2D eigenvalue weighted by atomic mass is 9.77. The first-order valence-corrected chi connectivity index (χ1v) is 5.45. The van der Waals surface area contributed by atoms with Gasteiger partial charge in [0.25, 0.3) is 0 Å². The molecule has 1 aliphatic carbocycles. The van der Waals surface area contributed by atoms with Gasteiger partial charge < -0.3 is 0 Å². The molecule has 0 amide bonds. The Hall–Kier alpha value is -0.850. The second-order valence-corrected chi connectivity index (χ2v) is 4.34. The third-order valence-corrected chi connectivity index (χ3v) is 3.27. The summed E-state index contributed by atoms with van der Waals surface area (Å²) in [7, 11) is 0. The molecule has 1 rings (SSSR count). The van der Waals surface area contributed by atoms with E-state index in [1.807, 2.05) is 13.0 Å². The average molecular weight is 192 g/mol. The summed E-state index contributed by atoms with van der Waals surface area (Å²) in [6.07, 6.45) is 5.89. The first-order valence-electron chi connectivity index (χ1n) is 5.45. The third kappa shape index (κ3) is 2.14. The maximum atomic E-state index is 11.8. The minimum atomic E-state index is 0.212. The molecule has 0 aromatic heterocycles. The Morgan fingerprint density at radius 3 is 2.43 bits per heavy atom. The molecule has 0 aromatic rings. The SMILES string of the molecule is C/C=C/C(=O)C1=C(C)C(C)CCC1C. The fourth-order valence-corrected chi connectivity index (χ4v) is 2.19. The lowest BCUT2D eigenvalue weighted by Gasteiger charge is -2.27. The molecule has 1 nitrogen and oxygen atoms in total. The van der Waals surface area contributed by atoms with Crippen LogP contribution >= 0.6 is 0 Å². The van der Waals surface area contributed by atoms with Crippen molar-refractivity contribution >= 4 is 5.78 Å². The summed E-state index contributed by atoms with van der Waals surface area (Å²) in [6, 6.07) is 0. The zero-order valence-electron chi connectivity index (χ0n) is 9.63. The smallest absolute Gasteiger partial charge is 0.181 e. The molecule has 2 unspecified atom stereocenters. The Labute approximate surface area is 86.9 Å². The molecule has 0 heterocycles. The van der Waals surface area contributed by atoms with Crippen molar-refractivity contribution in [2.75, 3.05) is 0 Å². The fraction of sp³-hybridized carbons (Fsp3) is 0.615. The summed E-state index contributed by atoms with van der Waals surface area (Å²) < 4.78 is 0. The highest BCUT2D eigenvalue weighted by Gasteiger charge is 2.25. The number of hydrogen-bond donors (Lipinski definition) is 0. The lowest BCUT2D eigenvalue weighted by Crippen LogP contribution is -2.19. The fourth-order valence-electron chi connectivity index (χ4n) is 2.19. The first-order chi connectivity index (χ1) is 6.57. The Morgan fingerprint density at radius 2 is 1.86 bits per heavy atom.